The summed E-state index contributed by atoms with van der Waals surface area (Å²) < 4.78 is 5.26. The molecule has 3 heteroatoms. The van der Waals surface area contributed by atoms with E-state index in [1.54, 1.807) is 12.3 Å². The van der Waals surface area contributed by atoms with Gasteiger partial charge in [0.15, 0.2) is 0 Å². The van der Waals surface area contributed by atoms with Crippen LogP contribution in [0.2, 0.25) is 0 Å². The lowest BCUT2D eigenvalue weighted by molar-refractivity contribution is 0.118. The maximum atomic E-state index is 11.9. The van der Waals surface area contributed by atoms with Crippen molar-refractivity contribution in [1.82, 2.24) is 4.90 Å². The SMILES string of the molecule is CC1=CC=CC=CN1C(=O)OCc1ccccc1. The first kappa shape index (κ1) is 12.2. The minimum atomic E-state index is -0.368. The Hall–Kier alpha value is -2.29. The number of allylic oxidation sites excluding steroid dienone is 5. The van der Waals surface area contributed by atoms with Gasteiger partial charge < -0.3 is 4.74 Å². The Morgan fingerprint density at radius 3 is 2.72 bits per heavy atom. The average molecular weight is 241 g/mol. The first-order chi connectivity index (χ1) is 8.77. The Morgan fingerprint density at radius 1 is 1.17 bits per heavy atom. The molecule has 0 aliphatic carbocycles. The Bertz CT molecular complexity index is 500. The van der Waals surface area contributed by atoms with Crippen molar-refractivity contribution in [2.45, 2.75) is 13.5 Å². The van der Waals surface area contributed by atoms with Gasteiger partial charge in [0.05, 0.1) is 0 Å². The number of rotatable bonds is 2. The predicted molar refractivity (Wildman–Crippen MR) is 70.5 cm³/mol. The lowest BCUT2D eigenvalue weighted by Gasteiger charge is -2.17. The van der Waals surface area contributed by atoms with Crippen molar-refractivity contribution in [2.24, 2.45) is 0 Å². The normalized spacial score (nSPS) is 14.1. The van der Waals surface area contributed by atoms with Gasteiger partial charge >= 0.3 is 6.09 Å². The highest BCUT2D eigenvalue weighted by molar-refractivity contribution is 5.71. The molecule has 1 aliphatic heterocycles. The summed E-state index contributed by atoms with van der Waals surface area (Å²) in [5.41, 5.74) is 1.81. The number of amides is 1. The molecule has 0 unspecified atom stereocenters. The van der Waals surface area contributed by atoms with E-state index < -0.39 is 0 Å². The highest BCUT2D eigenvalue weighted by Crippen LogP contribution is 2.11. The van der Waals surface area contributed by atoms with Crippen molar-refractivity contribution in [2.75, 3.05) is 0 Å². The predicted octanol–water partition coefficient (Wildman–Crippen LogP) is 3.61. The molecule has 92 valence electrons. The molecule has 1 amide bonds. The number of hydrogen-bond acceptors (Lipinski definition) is 2. The number of hydrogen-bond donors (Lipinski definition) is 0. The summed E-state index contributed by atoms with van der Waals surface area (Å²) in [6.07, 6.45) is 8.75. The van der Waals surface area contributed by atoms with Gasteiger partial charge in [0.2, 0.25) is 0 Å². The first-order valence-corrected chi connectivity index (χ1v) is 5.79. The van der Waals surface area contributed by atoms with E-state index in [1.807, 2.05) is 55.5 Å². The van der Waals surface area contributed by atoms with Crippen LogP contribution in [0.5, 0.6) is 0 Å². The van der Waals surface area contributed by atoms with E-state index >= 15 is 0 Å². The van der Waals surface area contributed by atoms with Gasteiger partial charge in [-0.2, -0.15) is 0 Å². The summed E-state index contributed by atoms with van der Waals surface area (Å²) in [6, 6.07) is 9.63. The zero-order chi connectivity index (χ0) is 12.8. The summed E-state index contributed by atoms with van der Waals surface area (Å²) in [6.45, 7) is 2.15. The second-order valence-electron chi connectivity index (χ2n) is 3.94. The van der Waals surface area contributed by atoms with E-state index in [0.29, 0.717) is 0 Å². The van der Waals surface area contributed by atoms with Gasteiger partial charge in [-0.3, -0.25) is 4.90 Å². The fourth-order valence-electron chi connectivity index (χ4n) is 1.59. The third-order valence-electron chi connectivity index (χ3n) is 2.58. The third-order valence-corrected chi connectivity index (χ3v) is 2.58. The fourth-order valence-corrected chi connectivity index (χ4v) is 1.59. The number of carbonyl (C=O) groups excluding carboxylic acids is 1. The molecule has 1 aromatic rings. The molecule has 0 N–H and O–H groups in total. The van der Waals surface area contributed by atoms with Gasteiger partial charge in [-0.25, -0.2) is 4.79 Å². The molecule has 3 nitrogen and oxygen atoms in total. The average Bonchev–Trinajstić information content (AvgIpc) is 2.62. The van der Waals surface area contributed by atoms with Crippen LogP contribution in [0.4, 0.5) is 4.79 Å². The van der Waals surface area contributed by atoms with Crippen LogP contribution in [0.1, 0.15) is 12.5 Å². The molecule has 1 aromatic carbocycles. The molecule has 1 aliphatic rings. The molecule has 0 spiro atoms. The minimum absolute atomic E-state index is 0.282. The van der Waals surface area contributed by atoms with E-state index in [4.69, 9.17) is 4.74 Å². The van der Waals surface area contributed by atoms with E-state index in [-0.39, 0.29) is 12.7 Å². The molecule has 0 aromatic heterocycles. The van der Waals surface area contributed by atoms with E-state index in [0.717, 1.165) is 11.3 Å². The molecule has 2 rings (SSSR count). The van der Waals surface area contributed by atoms with Crippen LogP contribution in [-0.4, -0.2) is 11.0 Å². The van der Waals surface area contributed by atoms with Crippen LogP contribution in [-0.2, 0) is 11.3 Å². The Balaban J connectivity index is 1.96. The van der Waals surface area contributed by atoms with E-state index in [2.05, 4.69) is 0 Å². The third kappa shape index (κ3) is 3.10. The Morgan fingerprint density at radius 2 is 1.94 bits per heavy atom. The second kappa shape index (κ2) is 5.87. The van der Waals surface area contributed by atoms with Gasteiger partial charge in [0.25, 0.3) is 0 Å². The van der Waals surface area contributed by atoms with Crippen LogP contribution in [0, 0.1) is 0 Å². The van der Waals surface area contributed by atoms with Crippen molar-refractivity contribution in [3.63, 3.8) is 0 Å². The molecule has 18 heavy (non-hydrogen) atoms. The van der Waals surface area contributed by atoms with Gasteiger partial charge in [0.1, 0.15) is 6.61 Å². The van der Waals surface area contributed by atoms with Crippen LogP contribution in [0.25, 0.3) is 0 Å². The first-order valence-electron chi connectivity index (χ1n) is 5.79. The van der Waals surface area contributed by atoms with Crippen LogP contribution in [0.15, 0.2) is 66.5 Å². The number of carbonyl (C=O) groups is 1. The number of benzene rings is 1. The molecule has 0 bridgehead atoms. The van der Waals surface area contributed by atoms with Gasteiger partial charge in [-0.05, 0) is 24.6 Å². The molecule has 0 radical (unpaired) electrons. The molecular formula is C15H15NO2. The Labute approximate surface area is 107 Å². The molecule has 0 atom stereocenters. The minimum Gasteiger partial charge on any atom is -0.444 e. The van der Waals surface area contributed by atoms with E-state index in [9.17, 15) is 4.79 Å². The smallest absolute Gasteiger partial charge is 0.418 e. The summed E-state index contributed by atoms with van der Waals surface area (Å²) in [4.78, 5) is 13.4. The maximum absolute atomic E-state index is 11.9. The lowest BCUT2D eigenvalue weighted by Crippen LogP contribution is -2.24. The van der Waals surface area contributed by atoms with Gasteiger partial charge in [-0.1, -0.05) is 42.5 Å². The molecule has 1 heterocycles. The van der Waals surface area contributed by atoms with Crippen molar-refractivity contribution in [3.05, 3.63) is 72.1 Å². The zero-order valence-corrected chi connectivity index (χ0v) is 10.2. The maximum Gasteiger partial charge on any atom is 0.418 e. The molecule has 0 saturated carbocycles. The largest absolute Gasteiger partial charge is 0.444 e. The molecular weight excluding hydrogens is 226 g/mol. The molecule has 0 saturated heterocycles. The highest BCUT2D eigenvalue weighted by atomic mass is 16.6. The number of nitrogens with zero attached hydrogens (tertiary/aromatic N) is 1. The summed E-state index contributed by atoms with van der Waals surface area (Å²) in [5, 5.41) is 0. The zero-order valence-electron chi connectivity index (χ0n) is 10.2. The van der Waals surface area contributed by atoms with Gasteiger partial charge in [-0.15, -0.1) is 0 Å². The topological polar surface area (TPSA) is 29.5 Å². The second-order valence-corrected chi connectivity index (χ2v) is 3.94. The molecule has 0 fully saturated rings. The van der Waals surface area contributed by atoms with Crippen LogP contribution in [0.3, 0.4) is 0 Å². The van der Waals surface area contributed by atoms with Crippen LogP contribution >= 0.6 is 0 Å². The monoisotopic (exact) mass is 241 g/mol. The quantitative estimate of drug-likeness (QED) is 0.791. The lowest BCUT2D eigenvalue weighted by atomic mass is 10.2. The number of ether oxygens (including phenoxy) is 1. The fraction of sp³-hybridized carbons (Fsp3) is 0.133. The van der Waals surface area contributed by atoms with Crippen molar-refractivity contribution in [1.29, 1.82) is 0 Å². The van der Waals surface area contributed by atoms with Crippen molar-refractivity contribution in [3.8, 4) is 0 Å². The van der Waals surface area contributed by atoms with Crippen molar-refractivity contribution < 1.29 is 9.53 Å². The van der Waals surface area contributed by atoms with Crippen molar-refractivity contribution >= 4 is 6.09 Å². The summed E-state index contributed by atoms with van der Waals surface area (Å²) in [5.74, 6) is 0. The summed E-state index contributed by atoms with van der Waals surface area (Å²) in [7, 11) is 0. The van der Waals surface area contributed by atoms with Crippen LogP contribution < -0.4 is 0 Å². The Kier molecular flexibility index (Phi) is 3.97. The highest BCUT2D eigenvalue weighted by Gasteiger charge is 2.14. The van der Waals surface area contributed by atoms with E-state index in [1.165, 1.54) is 4.90 Å². The standard InChI is InChI=1S/C15H15NO2/c1-13-8-4-3-7-11-16(13)15(17)18-12-14-9-5-2-6-10-14/h2-11H,12H2,1H3. The summed E-state index contributed by atoms with van der Waals surface area (Å²) >= 11 is 0. The van der Waals surface area contributed by atoms with Gasteiger partial charge in [0, 0.05) is 11.9 Å².